The molecule has 19 heavy (non-hydrogen) atoms. The lowest BCUT2D eigenvalue weighted by Gasteiger charge is -2.25. The van der Waals surface area contributed by atoms with Crippen LogP contribution in [0.15, 0.2) is 0 Å². The minimum Gasteiger partial charge on any atom is -0.462 e. The van der Waals surface area contributed by atoms with Gasteiger partial charge in [0.15, 0.2) is 6.10 Å². The third-order valence-corrected chi connectivity index (χ3v) is 4.51. The summed E-state index contributed by atoms with van der Waals surface area (Å²) >= 11 is 0. The van der Waals surface area contributed by atoms with Crippen molar-refractivity contribution in [3.63, 3.8) is 0 Å². The number of hydrogen-bond donors (Lipinski definition) is 0. The third-order valence-electron chi connectivity index (χ3n) is 4.51. The van der Waals surface area contributed by atoms with Crippen LogP contribution in [0.2, 0.25) is 0 Å². The Morgan fingerprint density at radius 1 is 1.42 bits per heavy atom. The van der Waals surface area contributed by atoms with E-state index < -0.39 is 36.1 Å². The molecule has 3 rings (SSSR count). The van der Waals surface area contributed by atoms with Crippen LogP contribution in [0, 0.1) is 23.7 Å². The van der Waals surface area contributed by atoms with E-state index in [1.54, 1.807) is 0 Å². The highest BCUT2D eigenvalue weighted by molar-refractivity contribution is 5.85. The van der Waals surface area contributed by atoms with Gasteiger partial charge < -0.3 is 9.47 Å². The number of alkyl halides is 3. The zero-order chi connectivity index (χ0) is 13.9. The summed E-state index contributed by atoms with van der Waals surface area (Å²) in [5.41, 5.74) is 0. The van der Waals surface area contributed by atoms with Gasteiger partial charge in [0, 0.05) is 5.92 Å². The maximum absolute atomic E-state index is 12.4. The average molecular weight is 278 g/mol. The highest BCUT2D eigenvalue weighted by Gasteiger charge is 2.64. The molecule has 7 heteroatoms. The summed E-state index contributed by atoms with van der Waals surface area (Å²) in [6.45, 7) is 0.793. The Kier molecular flexibility index (Phi) is 2.59. The van der Waals surface area contributed by atoms with Gasteiger partial charge in [-0.05, 0) is 25.7 Å². The average Bonchev–Trinajstić information content (AvgIpc) is 2.87. The first-order valence-electron chi connectivity index (χ1n) is 6.26. The first-order valence-corrected chi connectivity index (χ1v) is 6.26. The van der Waals surface area contributed by atoms with E-state index in [0.717, 1.165) is 6.92 Å². The van der Waals surface area contributed by atoms with Crippen molar-refractivity contribution in [2.24, 2.45) is 23.7 Å². The fourth-order valence-electron chi connectivity index (χ4n) is 3.64. The number of carbonyl (C=O) groups excluding carboxylic acids is 2. The van der Waals surface area contributed by atoms with Gasteiger partial charge in [0.25, 0.3) is 0 Å². The highest BCUT2D eigenvalue weighted by Crippen LogP contribution is 2.58. The molecule has 0 N–H and O–H groups in total. The number of hydrogen-bond acceptors (Lipinski definition) is 4. The SMILES string of the molecule is CC(OC(=O)C1C2CC3OC(=O)C1C3C2)C(F)(F)F. The minimum absolute atomic E-state index is 0.0174. The lowest BCUT2D eigenvalue weighted by Crippen LogP contribution is -2.38. The van der Waals surface area contributed by atoms with Gasteiger partial charge in [-0.15, -0.1) is 0 Å². The van der Waals surface area contributed by atoms with Gasteiger partial charge in [0.2, 0.25) is 0 Å². The summed E-state index contributed by atoms with van der Waals surface area (Å²) in [5.74, 6) is -2.84. The van der Waals surface area contributed by atoms with Crippen LogP contribution >= 0.6 is 0 Å². The van der Waals surface area contributed by atoms with E-state index in [9.17, 15) is 22.8 Å². The first kappa shape index (κ1) is 12.7. The second-order valence-corrected chi connectivity index (χ2v) is 5.54. The minimum atomic E-state index is -4.58. The zero-order valence-electron chi connectivity index (χ0n) is 10.1. The Labute approximate surface area is 107 Å². The fraction of sp³-hybridized carbons (Fsp3) is 0.833. The van der Waals surface area contributed by atoms with Crippen LogP contribution in [0.4, 0.5) is 13.2 Å². The second-order valence-electron chi connectivity index (χ2n) is 5.54. The van der Waals surface area contributed by atoms with E-state index in [-0.39, 0.29) is 17.9 Å². The lowest BCUT2D eigenvalue weighted by molar-refractivity contribution is -0.219. The number of halogens is 3. The van der Waals surface area contributed by atoms with Crippen molar-refractivity contribution in [3.05, 3.63) is 0 Å². The van der Waals surface area contributed by atoms with Crippen LogP contribution in [0.25, 0.3) is 0 Å². The van der Waals surface area contributed by atoms with Crippen molar-refractivity contribution in [2.45, 2.75) is 38.1 Å². The Morgan fingerprint density at radius 2 is 2.11 bits per heavy atom. The predicted octanol–water partition coefficient (Wildman–Crippen LogP) is 1.68. The van der Waals surface area contributed by atoms with Gasteiger partial charge in [-0.1, -0.05) is 0 Å². The van der Waals surface area contributed by atoms with Crippen molar-refractivity contribution in [1.82, 2.24) is 0 Å². The van der Waals surface area contributed by atoms with Crippen LogP contribution < -0.4 is 0 Å². The van der Waals surface area contributed by atoms with E-state index in [1.165, 1.54) is 0 Å². The smallest absolute Gasteiger partial charge is 0.425 e. The molecule has 0 aromatic heterocycles. The molecule has 106 valence electrons. The zero-order valence-corrected chi connectivity index (χ0v) is 10.1. The number of carbonyl (C=O) groups is 2. The molecule has 3 aliphatic rings. The summed E-state index contributed by atoms with van der Waals surface area (Å²) < 4.78 is 46.7. The van der Waals surface area contributed by atoms with E-state index >= 15 is 0 Å². The topological polar surface area (TPSA) is 52.6 Å². The highest BCUT2D eigenvalue weighted by atomic mass is 19.4. The molecule has 1 aliphatic heterocycles. The van der Waals surface area contributed by atoms with Crippen molar-refractivity contribution in [3.8, 4) is 0 Å². The molecular weight excluding hydrogens is 265 g/mol. The van der Waals surface area contributed by atoms with Gasteiger partial charge in [-0.25, -0.2) is 0 Å². The second kappa shape index (κ2) is 3.86. The van der Waals surface area contributed by atoms with Crippen LogP contribution in [-0.2, 0) is 19.1 Å². The van der Waals surface area contributed by atoms with Crippen molar-refractivity contribution in [2.75, 3.05) is 0 Å². The van der Waals surface area contributed by atoms with Crippen LogP contribution in [0.1, 0.15) is 19.8 Å². The van der Waals surface area contributed by atoms with Gasteiger partial charge in [0.1, 0.15) is 6.10 Å². The molecule has 6 atom stereocenters. The largest absolute Gasteiger partial charge is 0.462 e. The molecule has 3 fully saturated rings. The molecule has 0 spiro atoms. The predicted molar refractivity (Wildman–Crippen MR) is 54.7 cm³/mol. The third kappa shape index (κ3) is 1.81. The van der Waals surface area contributed by atoms with Crippen molar-refractivity contribution in [1.29, 1.82) is 0 Å². The fourth-order valence-corrected chi connectivity index (χ4v) is 3.64. The van der Waals surface area contributed by atoms with Gasteiger partial charge in [-0.3, -0.25) is 9.59 Å². The Morgan fingerprint density at radius 3 is 2.74 bits per heavy atom. The molecule has 0 aromatic carbocycles. The van der Waals surface area contributed by atoms with Crippen LogP contribution in [0.5, 0.6) is 0 Å². The Balaban J connectivity index is 1.73. The van der Waals surface area contributed by atoms with Gasteiger partial charge in [-0.2, -0.15) is 13.2 Å². The van der Waals surface area contributed by atoms with Gasteiger partial charge in [0.05, 0.1) is 11.8 Å². The molecule has 6 unspecified atom stereocenters. The molecule has 0 amide bonds. The number of rotatable bonds is 2. The van der Waals surface area contributed by atoms with Gasteiger partial charge >= 0.3 is 18.1 Å². The molecule has 1 saturated heterocycles. The summed E-state index contributed by atoms with van der Waals surface area (Å²) in [6.07, 6.45) is -5.64. The maximum Gasteiger partial charge on any atom is 0.425 e. The monoisotopic (exact) mass is 278 g/mol. The normalized spacial score (nSPS) is 41.3. The standard InChI is InChI=1S/C12H13F3O4/c1-4(12(13,14)15)18-10(16)8-5-2-6-7(3-5)19-11(17)9(6)8/h4-9H,2-3H2,1H3. The first-order chi connectivity index (χ1) is 8.79. The quantitative estimate of drug-likeness (QED) is 0.721. The van der Waals surface area contributed by atoms with Crippen molar-refractivity contribution >= 4 is 11.9 Å². The molecule has 2 aliphatic carbocycles. The van der Waals surface area contributed by atoms with E-state index in [2.05, 4.69) is 4.74 Å². The lowest BCUT2D eigenvalue weighted by atomic mass is 9.80. The van der Waals surface area contributed by atoms with E-state index in [1.807, 2.05) is 0 Å². The maximum atomic E-state index is 12.4. The summed E-state index contributed by atoms with van der Waals surface area (Å²) in [6, 6.07) is 0. The van der Waals surface area contributed by atoms with Crippen LogP contribution in [0.3, 0.4) is 0 Å². The molecule has 2 bridgehead atoms. The van der Waals surface area contributed by atoms with Crippen molar-refractivity contribution < 1.29 is 32.2 Å². The number of fused-ring (bicyclic) bond motifs is 1. The van der Waals surface area contributed by atoms with E-state index in [4.69, 9.17) is 4.74 Å². The molecule has 0 aromatic rings. The number of ether oxygens (including phenoxy) is 2. The Hall–Kier alpha value is -1.27. The van der Waals surface area contributed by atoms with Crippen LogP contribution in [-0.4, -0.2) is 30.3 Å². The number of esters is 2. The molecule has 1 heterocycles. The van der Waals surface area contributed by atoms with E-state index in [0.29, 0.717) is 12.8 Å². The molecule has 0 radical (unpaired) electrons. The summed E-state index contributed by atoms with van der Waals surface area (Å²) in [4.78, 5) is 23.5. The summed E-state index contributed by atoms with van der Waals surface area (Å²) in [5, 5.41) is 0. The molecular formula is C12H13F3O4. The Bertz CT molecular complexity index is 431. The summed E-state index contributed by atoms with van der Waals surface area (Å²) in [7, 11) is 0. The molecule has 4 nitrogen and oxygen atoms in total. The molecule has 2 saturated carbocycles.